The van der Waals surface area contributed by atoms with Crippen molar-refractivity contribution in [1.29, 1.82) is 5.26 Å². The van der Waals surface area contributed by atoms with Crippen LogP contribution in [0.2, 0.25) is 0 Å². The number of ether oxygens (including phenoxy) is 1. The van der Waals surface area contributed by atoms with Gasteiger partial charge in [0.15, 0.2) is 0 Å². The predicted octanol–water partition coefficient (Wildman–Crippen LogP) is 4.69. The second kappa shape index (κ2) is 10.9. The number of allylic oxidation sites excluding steroid dienone is 1. The van der Waals surface area contributed by atoms with E-state index in [0.717, 1.165) is 23.1 Å². The fraction of sp³-hybridized carbons (Fsp3) is 0.333. The summed E-state index contributed by atoms with van der Waals surface area (Å²) < 4.78 is 45.6. The molecule has 194 valence electrons. The Labute approximate surface area is 212 Å². The van der Waals surface area contributed by atoms with Gasteiger partial charge in [-0.15, -0.1) is 0 Å². The van der Waals surface area contributed by atoms with Crippen LogP contribution in [0.25, 0.3) is 0 Å². The Morgan fingerprint density at radius 1 is 1.16 bits per heavy atom. The number of anilines is 1. The number of carbonyl (C=O) groups excluding carboxylic acids is 3. The van der Waals surface area contributed by atoms with E-state index in [1.165, 1.54) is 25.1 Å². The van der Waals surface area contributed by atoms with Crippen LogP contribution in [-0.2, 0) is 25.3 Å². The average Bonchev–Trinajstić information content (AvgIpc) is 2.83. The van der Waals surface area contributed by atoms with Gasteiger partial charge in [-0.1, -0.05) is 18.2 Å². The Morgan fingerprint density at radius 2 is 1.81 bits per heavy atom. The summed E-state index contributed by atoms with van der Waals surface area (Å²) in [5.74, 6) is -4.88. The predicted molar refractivity (Wildman–Crippen MR) is 129 cm³/mol. The summed E-state index contributed by atoms with van der Waals surface area (Å²) in [4.78, 5) is 41.5. The van der Waals surface area contributed by atoms with Crippen molar-refractivity contribution in [3.63, 3.8) is 0 Å². The lowest BCUT2D eigenvalue weighted by atomic mass is 9.75. The van der Waals surface area contributed by atoms with E-state index >= 15 is 0 Å². The molecule has 1 heterocycles. The maximum atomic E-state index is 13.9. The second-order valence-corrected chi connectivity index (χ2v) is 8.79. The molecule has 2 unspecified atom stereocenters. The van der Waals surface area contributed by atoms with Crippen LogP contribution in [0, 0.1) is 17.2 Å². The molecule has 0 saturated heterocycles. The van der Waals surface area contributed by atoms with E-state index in [0.29, 0.717) is 11.1 Å². The van der Waals surface area contributed by atoms with Gasteiger partial charge in [0.1, 0.15) is 5.92 Å². The second-order valence-electron chi connectivity index (χ2n) is 8.79. The highest BCUT2D eigenvalue weighted by molar-refractivity contribution is 6.14. The average molecular weight is 514 g/mol. The monoisotopic (exact) mass is 513 g/mol. The number of halogens is 3. The third-order valence-electron chi connectivity index (χ3n) is 5.90. The normalized spacial score (nSPS) is 18.0. The molecule has 2 atom stereocenters. The SMILES string of the molecule is CCOC(=O)C1=C(C)N(c2cccc(C(F)(F)F)c2)C(=O)C(C(=O)NC(C)C)C1c1ccc(C#N)cc1. The molecule has 1 aliphatic rings. The van der Waals surface area contributed by atoms with Crippen LogP contribution in [-0.4, -0.2) is 30.4 Å². The van der Waals surface area contributed by atoms with E-state index in [-0.39, 0.29) is 29.6 Å². The molecule has 10 heteroatoms. The molecule has 2 aromatic rings. The van der Waals surface area contributed by atoms with E-state index in [4.69, 9.17) is 4.74 Å². The first-order valence-electron chi connectivity index (χ1n) is 11.6. The fourth-order valence-electron chi connectivity index (χ4n) is 4.35. The van der Waals surface area contributed by atoms with Crippen LogP contribution in [0.3, 0.4) is 0 Å². The quantitative estimate of drug-likeness (QED) is 0.447. The first-order valence-corrected chi connectivity index (χ1v) is 11.6. The molecule has 0 aromatic heterocycles. The van der Waals surface area contributed by atoms with E-state index < -0.39 is 41.4 Å². The Kier molecular flexibility index (Phi) is 8.06. The van der Waals surface area contributed by atoms with Crippen LogP contribution in [0.5, 0.6) is 0 Å². The summed E-state index contributed by atoms with van der Waals surface area (Å²) in [6.07, 6.45) is -4.67. The molecule has 0 bridgehead atoms. The first-order chi connectivity index (χ1) is 17.4. The van der Waals surface area contributed by atoms with Crippen molar-refractivity contribution in [3.8, 4) is 6.07 Å². The van der Waals surface area contributed by atoms with Gasteiger partial charge in [-0.05, 0) is 63.6 Å². The van der Waals surface area contributed by atoms with Gasteiger partial charge in [-0.3, -0.25) is 14.5 Å². The summed E-state index contributed by atoms with van der Waals surface area (Å²) in [7, 11) is 0. The standard InChI is InChI=1S/C27H26F3N3O4/c1-5-37-26(36)21-16(4)33(20-8-6-7-19(13-20)27(28,29)30)25(35)23(24(34)32-15(2)3)22(21)18-11-9-17(14-31)10-12-18/h6-13,15,22-23H,5H2,1-4H3,(H,32,34). The number of rotatable bonds is 6. The van der Waals surface area contributed by atoms with Crippen molar-refractivity contribution in [3.05, 3.63) is 76.5 Å². The molecule has 3 rings (SSSR count). The van der Waals surface area contributed by atoms with Gasteiger partial charge in [0, 0.05) is 23.3 Å². The molecule has 1 aliphatic heterocycles. The lowest BCUT2D eigenvalue weighted by Gasteiger charge is -2.39. The van der Waals surface area contributed by atoms with Gasteiger partial charge >= 0.3 is 12.1 Å². The molecule has 2 aromatic carbocycles. The minimum absolute atomic E-state index is 0.00390. The zero-order chi connectivity index (χ0) is 27.5. The molecule has 0 fully saturated rings. The Hall–Kier alpha value is -4.13. The molecule has 0 radical (unpaired) electrons. The molecule has 37 heavy (non-hydrogen) atoms. The number of hydrogen-bond acceptors (Lipinski definition) is 5. The summed E-state index contributed by atoms with van der Waals surface area (Å²) in [5, 5.41) is 11.9. The lowest BCUT2D eigenvalue weighted by Crippen LogP contribution is -2.52. The van der Waals surface area contributed by atoms with Crippen LogP contribution in [0.4, 0.5) is 18.9 Å². The van der Waals surface area contributed by atoms with Crippen molar-refractivity contribution in [1.82, 2.24) is 5.32 Å². The van der Waals surface area contributed by atoms with Gasteiger partial charge in [0.25, 0.3) is 0 Å². The zero-order valence-corrected chi connectivity index (χ0v) is 20.7. The fourth-order valence-corrected chi connectivity index (χ4v) is 4.35. The van der Waals surface area contributed by atoms with Crippen LogP contribution < -0.4 is 10.2 Å². The minimum atomic E-state index is -4.67. The summed E-state index contributed by atoms with van der Waals surface area (Å²) >= 11 is 0. The molecular weight excluding hydrogens is 487 g/mol. The maximum absolute atomic E-state index is 13.9. The van der Waals surface area contributed by atoms with E-state index in [1.54, 1.807) is 32.9 Å². The van der Waals surface area contributed by atoms with Gasteiger partial charge in [0.05, 0.1) is 29.4 Å². The number of hydrogen-bond donors (Lipinski definition) is 1. The van der Waals surface area contributed by atoms with Gasteiger partial charge in [0.2, 0.25) is 11.8 Å². The van der Waals surface area contributed by atoms with Crippen molar-refractivity contribution < 1.29 is 32.3 Å². The molecule has 0 spiro atoms. The summed E-state index contributed by atoms with van der Waals surface area (Å²) in [5.41, 5.74) is -0.376. The molecular formula is C27H26F3N3O4. The third-order valence-corrected chi connectivity index (χ3v) is 5.90. The number of amides is 2. The largest absolute Gasteiger partial charge is 0.463 e. The highest BCUT2D eigenvalue weighted by Gasteiger charge is 2.49. The maximum Gasteiger partial charge on any atom is 0.416 e. The Morgan fingerprint density at radius 3 is 2.35 bits per heavy atom. The number of benzene rings is 2. The highest BCUT2D eigenvalue weighted by Crippen LogP contribution is 2.43. The molecule has 1 N–H and O–H groups in total. The summed E-state index contributed by atoms with van der Waals surface area (Å²) in [6.45, 7) is 6.40. The first kappa shape index (κ1) is 27.5. The molecule has 0 aliphatic carbocycles. The van der Waals surface area contributed by atoms with Crippen LogP contribution >= 0.6 is 0 Å². The number of carbonyl (C=O) groups is 3. The molecule has 7 nitrogen and oxygen atoms in total. The number of nitrogens with zero attached hydrogens (tertiary/aromatic N) is 2. The van der Waals surface area contributed by atoms with E-state index in [1.807, 2.05) is 6.07 Å². The van der Waals surface area contributed by atoms with Gasteiger partial charge in [-0.25, -0.2) is 4.79 Å². The molecule has 0 saturated carbocycles. The van der Waals surface area contributed by atoms with Gasteiger partial charge in [-0.2, -0.15) is 18.4 Å². The third kappa shape index (κ3) is 5.66. The number of alkyl halides is 3. The highest BCUT2D eigenvalue weighted by atomic mass is 19.4. The van der Waals surface area contributed by atoms with E-state index in [2.05, 4.69) is 5.32 Å². The zero-order valence-electron chi connectivity index (χ0n) is 20.7. The van der Waals surface area contributed by atoms with Crippen molar-refractivity contribution in [2.45, 2.75) is 45.8 Å². The van der Waals surface area contributed by atoms with Crippen molar-refractivity contribution in [2.24, 2.45) is 5.92 Å². The minimum Gasteiger partial charge on any atom is -0.463 e. The smallest absolute Gasteiger partial charge is 0.416 e. The van der Waals surface area contributed by atoms with Crippen LogP contribution in [0.1, 0.15) is 50.3 Å². The van der Waals surface area contributed by atoms with Crippen molar-refractivity contribution >= 4 is 23.5 Å². The number of nitrogens with one attached hydrogen (secondary N) is 1. The van der Waals surface area contributed by atoms with Crippen molar-refractivity contribution in [2.75, 3.05) is 11.5 Å². The number of nitriles is 1. The van der Waals surface area contributed by atoms with E-state index in [9.17, 15) is 32.8 Å². The molecule has 2 amide bonds. The Bertz CT molecular complexity index is 1280. The number of esters is 1. The lowest BCUT2D eigenvalue weighted by molar-refractivity contribution is -0.141. The summed E-state index contributed by atoms with van der Waals surface area (Å²) in [6, 6.07) is 11.8. The van der Waals surface area contributed by atoms with Gasteiger partial charge < -0.3 is 10.1 Å². The Balaban J connectivity index is 2.31. The van der Waals surface area contributed by atoms with Crippen LogP contribution in [0.15, 0.2) is 59.8 Å². The topological polar surface area (TPSA) is 99.5 Å².